The van der Waals surface area contributed by atoms with Gasteiger partial charge in [0.1, 0.15) is 0 Å². The highest BCUT2D eigenvalue weighted by molar-refractivity contribution is 7.99. The predicted molar refractivity (Wildman–Crippen MR) is 59.8 cm³/mol. The van der Waals surface area contributed by atoms with Crippen molar-refractivity contribution in [2.75, 3.05) is 26.1 Å². The van der Waals surface area contributed by atoms with E-state index >= 15 is 0 Å². The van der Waals surface area contributed by atoms with Crippen molar-refractivity contribution in [3.8, 4) is 0 Å². The van der Waals surface area contributed by atoms with Crippen LogP contribution in [0.15, 0.2) is 29.2 Å². The molecule has 0 aliphatic heterocycles. The number of benzene rings is 1. The Morgan fingerprint density at radius 2 is 2.00 bits per heavy atom. The lowest BCUT2D eigenvalue weighted by atomic mass is 10.2. The molecule has 0 saturated carbocycles. The van der Waals surface area contributed by atoms with Crippen molar-refractivity contribution in [1.29, 1.82) is 0 Å². The van der Waals surface area contributed by atoms with Crippen molar-refractivity contribution in [2.24, 2.45) is 0 Å². The molecule has 0 aromatic heterocycles. The van der Waals surface area contributed by atoms with Crippen LogP contribution in [0.1, 0.15) is 5.56 Å². The quantitative estimate of drug-likeness (QED) is 0.577. The topological polar surface area (TPSA) is 29.5 Å². The maximum Gasteiger partial charge on any atom is 0.0556 e. The molecule has 0 spiro atoms. The summed E-state index contributed by atoms with van der Waals surface area (Å²) in [5.74, 6) is 0.982. The third kappa shape index (κ3) is 4.13. The van der Waals surface area contributed by atoms with Crippen LogP contribution in [0.25, 0.3) is 0 Å². The van der Waals surface area contributed by atoms with Crippen LogP contribution < -0.4 is 0 Å². The fraction of sp³-hybridized carbons (Fsp3) is 0.455. The Balaban J connectivity index is 2.38. The zero-order valence-electron chi connectivity index (χ0n) is 8.40. The molecule has 0 fully saturated rings. The maximum absolute atomic E-state index is 8.74. The highest BCUT2D eigenvalue weighted by Crippen LogP contribution is 2.18. The minimum absolute atomic E-state index is 0.218. The maximum atomic E-state index is 8.74. The third-order valence-electron chi connectivity index (χ3n) is 1.88. The van der Waals surface area contributed by atoms with Crippen LogP contribution in [-0.2, 0) is 11.2 Å². The Morgan fingerprint density at radius 3 is 2.57 bits per heavy atom. The molecule has 0 bridgehead atoms. The highest BCUT2D eigenvalue weighted by Gasteiger charge is 1.95. The number of ether oxygens (including phenoxy) is 1. The Kier molecular flexibility index (Phi) is 5.68. The second kappa shape index (κ2) is 6.87. The average molecular weight is 212 g/mol. The molecular weight excluding hydrogens is 196 g/mol. The van der Waals surface area contributed by atoms with Crippen LogP contribution in [0, 0.1) is 0 Å². The van der Waals surface area contributed by atoms with Crippen LogP contribution >= 0.6 is 11.8 Å². The summed E-state index contributed by atoms with van der Waals surface area (Å²) in [5, 5.41) is 8.74. The number of hydrogen-bond donors (Lipinski definition) is 1. The Bertz CT molecular complexity index is 246. The van der Waals surface area contributed by atoms with Crippen molar-refractivity contribution in [3.63, 3.8) is 0 Å². The first-order valence-electron chi connectivity index (χ1n) is 4.68. The van der Waals surface area contributed by atoms with E-state index in [1.165, 1.54) is 10.5 Å². The van der Waals surface area contributed by atoms with Crippen LogP contribution in [-0.4, -0.2) is 31.2 Å². The smallest absolute Gasteiger partial charge is 0.0556 e. The Labute approximate surface area is 89.3 Å². The van der Waals surface area contributed by atoms with Gasteiger partial charge in [-0.05, 0) is 24.1 Å². The molecule has 1 N–H and O–H groups in total. The molecule has 3 heteroatoms. The monoisotopic (exact) mass is 212 g/mol. The summed E-state index contributed by atoms with van der Waals surface area (Å²) in [6.07, 6.45) is 0.739. The van der Waals surface area contributed by atoms with E-state index in [1.807, 2.05) is 0 Å². The number of aliphatic hydroxyl groups excluding tert-OH is 1. The fourth-order valence-electron chi connectivity index (χ4n) is 1.12. The van der Waals surface area contributed by atoms with Crippen molar-refractivity contribution in [3.05, 3.63) is 29.8 Å². The number of rotatable bonds is 6. The molecule has 78 valence electrons. The van der Waals surface area contributed by atoms with Gasteiger partial charge in [0.15, 0.2) is 0 Å². The van der Waals surface area contributed by atoms with E-state index in [-0.39, 0.29) is 6.61 Å². The van der Waals surface area contributed by atoms with E-state index in [4.69, 9.17) is 9.84 Å². The fourth-order valence-corrected chi connectivity index (χ4v) is 1.94. The van der Waals surface area contributed by atoms with Crippen molar-refractivity contribution in [2.45, 2.75) is 11.3 Å². The first-order chi connectivity index (χ1) is 6.86. The molecule has 0 aliphatic rings. The molecule has 0 aliphatic carbocycles. The van der Waals surface area contributed by atoms with Gasteiger partial charge in [0.25, 0.3) is 0 Å². The van der Waals surface area contributed by atoms with Gasteiger partial charge < -0.3 is 9.84 Å². The minimum Gasteiger partial charge on any atom is -0.396 e. The summed E-state index contributed by atoms with van der Waals surface area (Å²) in [7, 11) is 1.71. The molecule has 1 rings (SSSR count). The molecule has 0 saturated heterocycles. The van der Waals surface area contributed by atoms with E-state index in [0.717, 1.165) is 18.8 Å². The van der Waals surface area contributed by atoms with Gasteiger partial charge in [0, 0.05) is 24.4 Å². The van der Waals surface area contributed by atoms with Crippen molar-refractivity contribution < 1.29 is 9.84 Å². The second-order valence-corrected chi connectivity index (χ2v) is 4.13. The van der Waals surface area contributed by atoms with Gasteiger partial charge in [-0.2, -0.15) is 0 Å². The summed E-state index contributed by atoms with van der Waals surface area (Å²) >= 11 is 1.78. The first kappa shape index (κ1) is 11.6. The lowest BCUT2D eigenvalue weighted by molar-refractivity contribution is 0.218. The van der Waals surface area contributed by atoms with E-state index in [0.29, 0.717) is 0 Å². The van der Waals surface area contributed by atoms with E-state index in [9.17, 15) is 0 Å². The lowest BCUT2D eigenvalue weighted by Gasteiger charge is -2.02. The molecule has 14 heavy (non-hydrogen) atoms. The Hall–Kier alpha value is -0.510. The third-order valence-corrected chi connectivity index (χ3v) is 2.86. The molecule has 0 heterocycles. The number of thioether (sulfide) groups is 1. The van der Waals surface area contributed by atoms with Gasteiger partial charge >= 0.3 is 0 Å². The highest BCUT2D eigenvalue weighted by atomic mass is 32.2. The van der Waals surface area contributed by atoms with Crippen molar-refractivity contribution >= 4 is 11.8 Å². The normalized spacial score (nSPS) is 10.4. The number of hydrogen-bond acceptors (Lipinski definition) is 3. The van der Waals surface area contributed by atoms with Crippen LogP contribution in [0.5, 0.6) is 0 Å². The summed E-state index contributed by atoms with van der Waals surface area (Å²) in [5.41, 5.74) is 1.18. The summed E-state index contributed by atoms with van der Waals surface area (Å²) in [6, 6.07) is 8.30. The summed E-state index contributed by atoms with van der Waals surface area (Å²) in [6.45, 7) is 0.999. The van der Waals surface area contributed by atoms with Gasteiger partial charge in [0.2, 0.25) is 0 Å². The molecule has 1 aromatic carbocycles. The van der Waals surface area contributed by atoms with Gasteiger partial charge in [-0.1, -0.05) is 12.1 Å². The predicted octanol–water partition coefficient (Wildman–Crippen LogP) is 1.96. The number of methoxy groups -OCH3 is 1. The minimum atomic E-state index is 0.218. The molecular formula is C11H16O2S. The molecule has 0 unspecified atom stereocenters. The van der Waals surface area contributed by atoms with Gasteiger partial charge in [-0.25, -0.2) is 0 Å². The zero-order valence-corrected chi connectivity index (χ0v) is 9.22. The van der Waals surface area contributed by atoms with E-state index in [2.05, 4.69) is 24.3 Å². The molecule has 0 amide bonds. The second-order valence-electron chi connectivity index (χ2n) is 2.96. The Morgan fingerprint density at radius 1 is 1.29 bits per heavy atom. The SMILES string of the molecule is COCCSc1ccc(CCO)cc1. The summed E-state index contributed by atoms with van der Waals surface area (Å²) in [4.78, 5) is 1.25. The molecule has 2 nitrogen and oxygen atoms in total. The van der Waals surface area contributed by atoms with E-state index in [1.54, 1.807) is 18.9 Å². The van der Waals surface area contributed by atoms with Crippen molar-refractivity contribution in [1.82, 2.24) is 0 Å². The largest absolute Gasteiger partial charge is 0.396 e. The van der Waals surface area contributed by atoms with Crippen LogP contribution in [0.3, 0.4) is 0 Å². The zero-order chi connectivity index (χ0) is 10.2. The number of aliphatic hydroxyl groups is 1. The summed E-state index contributed by atoms with van der Waals surface area (Å²) < 4.78 is 4.97. The standard InChI is InChI=1S/C11H16O2S/c1-13-8-9-14-11-4-2-10(3-5-11)6-7-12/h2-5,12H,6-9H2,1H3. The first-order valence-corrected chi connectivity index (χ1v) is 5.67. The molecule has 0 radical (unpaired) electrons. The lowest BCUT2D eigenvalue weighted by Crippen LogP contribution is -1.92. The molecule has 0 atom stereocenters. The van der Waals surface area contributed by atoms with Gasteiger partial charge in [-0.3, -0.25) is 0 Å². The van der Waals surface area contributed by atoms with Crippen LogP contribution in [0.2, 0.25) is 0 Å². The van der Waals surface area contributed by atoms with Gasteiger partial charge in [0.05, 0.1) is 6.61 Å². The van der Waals surface area contributed by atoms with Gasteiger partial charge in [-0.15, -0.1) is 11.8 Å². The van der Waals surface area contributed by atoms with E-state index < -0.39 is 0 Å². The average Bonchev–Trinajstić information content (AvgIpc) is 2.21. The molecule has 1 aromatic rings. The van der Waals surface area contributed by atoms with Crippen LogP contribution in [0.4, 0.5) is 0 Å².